The minimum Gasteiger partial charge on any atom is -0.376 e. The van der Waals surface area contributed by atoms with Gasteiger partial charge in [0.2, 0.25) is 0 Å². The Kier molecular flexibility index (Phi) is 3.30. The lowest BCUT2D eigenvalue weighted by molar-refractivity contribution is -0.146. The third kappa shape index (κ3) is 2.57. The second-order valence-electron chi connectivity index (χ2n) is 8.03. The smallest absolute Gasteiger partial charge is 0.376 e. The SMILES string of the molecule is CC(C)(C)C(=O)OC(=O)NC1C2CC3CC(C2)CC1C3. The van der Waals surface area contributed by atoms with Crippen LogP contribution in [0.4, 0.5) is 4.79 Å². The van der Waals surface area contributed by atoms with Crippen LogP contribution in [0.15, 0.2) is 0 Å². The maximum atomic E-state index is 11.9. The predicted octanol–water partition coefficient (Wildman–Crippen LogP) is 3.11. The Hall–Kier alpha value is -1.06. The second kappa shape index (κ2) is 4.74. The lowest BCUT2D eigenvalue weighted by Crippen LogP contribution is -2.56. The Labute approximate surface area is 120 Å². The van der Waals surface area contributed by atoms with Gasteiger partial charge in [0, 0.05) is 6.04 Å². The van der Waals surface area contributed by atoms with Crippen LogP contribution in [0.3, 0.4) is 0 Å². The first-order valence-electron chi connectivity index (χ1n) is 7.85. The molecule has 0 aromatic carbocycles. The molecule has 0 radical (unpaired) electrons. The molecule has 0 unspecified atom stereocenters. The van der Waals surface area contributed by atoms with Crippen LogP contribution in [0.1, 0.15) is 52.9 Å². The number of carbonyl (C=O) groups is 2. The topological polar surface area (TPSA) is 55.4 Å². The van der Waals surface area contributed by atoms with E-state index >= 15 is 0 Å². The maximum Gasteiger partial charge on any atom is 0.415 e. The van der Waals surface area contributed by atoms with Crippen molar-refractivity contribution in [2.75, 3.05) is 0 Å². The molecule has 0 atom stereocenters. The first kappa shape index (κ1) is 13.9. The highest BCUT2D eigenvalue weighted by Crippen LogP contribution is 2.53. The molecular weight excluding hydrogens is 254 g/mol. The summed E-state index contributed by atoms with van der Waals surface area (Å²) < 4.78 is 4.93. The van der Waals surface area contributed by atoms with Gasteiger partial charge in [0.05, 0.1) is 5.41 Å². The molecule has 0 spiro atoms. The molecule has 4 aliphatic carbocycles. The minimum absolute atomic E-state index is 0.225. The van der Waals surface area contributed by atoms with Gasteiger partial charge in [-0.05, 0) is 76.5 Å². The number of rotatable bonds is 1. The van der Waals surface area contributed by atoms with Crippen LogP contribution in [0.25, 0.3) is 0 Å². The summed E-state index contributed by atoms with van der Waals surface area (Å²) in [5.41, 5.74) is -0.637. The Morgan fingerprint density at radius 1 is 0.950 bits per heavy atom. The summed E-state index contributed by atoms with van der Waals surface area (Å²) in [6.07, 6.45) is 5.81. The lowest BCUT2D eigenvalue weighted by Gasteiger charge is -2.54. The van der Waals surface area contributed by atoms with Gasteiger partial charge in [0.1, 0.15) is 0 Å². The molecule has 1 N–H and O–H groups in total. The Bertz CT molecular complexity index is 396. The van der Waals surface area contributed by atoms with Gasteiger partial charge in [0.15, 0.2) is 0 Å². The molecule has 4 aliphatic rings. The molecule has 0 heterocycles. The molecule has 4 bridgehead atoms. The largest absolute Gasteiger partial charge is 0.415 e. The van der Waals surface area contributed by atoms with Gasteiger partial charge < -0.3 is 10.1 Å². The number of carbonyl (C=O) groups excluding carboxylic acids is 2. The molecule has 0 aliphatic heterocycles. The van der Waals surface area contributed by atoms with E-state index in [0.29, 0.717) is 11.8 Å². The molecule has 20 heavy (non-hydrogen) atoms. The van der Waals surface area contributed by atoms with Crippen molar-refractivity contribution in [3.8, 4) is 0 Å². The average Bonchev–Trinajstić information content (AvgIpc) is 2.31. The zero-order chi connectivity index (χ0) is 14.5. The van der Waals surface area contributed by atoms with Gasteiger partial charge in [-0.2, -0.15) is 0 Å². The monoisotopic (exact) mass is 279 g/mol. The van der Waals surface area contributed by atoms with E-state index in [9.17, 15) is 9.59 Å². The molecule has 4 nitrogen and oxygen atoms in total. The van der Waals surface area contributed by atoms with Crippen molar-refractivity contribution in [1.82, 2.24) is 5.32 Å². The fourth-order valence-electron chi connectivity index (χ4n) is 4.56. The highest BCUT2D eigenvalue weighted by Gasteiger charge is 2.48. The molecule has 1 amide bonds. The Balaban J connectivity index is 1.58. The van der Waals surface area contributed by atoms with E-state index in [4.69, 9.17) is 4.74 Å². The van der Waals surface area contributed by atoms with Crippen molar-refractivity contribution in [1.29, 1.82) is 0 Å². The third-order valence-electron chi connectivity index (χ3n) is 5.31. The standard InChI is InChI=1S/C16H25NO3/c1-16(2,3)14(18)20-15(19)17-13-11-5-9-4-10(7-11)8-12(13)6-9/h9-13H,4-8H2,1-3H3,(H,17,19). The molecule has 0 saturated heterocycles. The number of alkyl carbamates (subject to hydrolysis) is 1. The molecule has 112 valence electrons. The molecule has 4 rings (SSSR count). The summed E-state index contributed by atoms with van der Waals surface area (Å²) in [4.78, 5) is 23.7. The molecule has 4 fully saturated rings. The lowest BCUT2D eigenvalue weighted by atomic mass is 9.54. The second-order valence-corrected chi connectivity index (χ2v) is 8.03. The van der Waals surface area contributed by atoms with Crippen molar-refractivity contribution < 1.29 is 14.3 Å². The fourth-order valence-corrected chi connectivity index (χ4v) is 4.56. The van der Waals surface area contributed by atoms with E-state index in [-0.39, 0.29) is 6.04 Å². The number of amides is 1. The summed E-state index contributed by atoms with van der Waals surface area (Å²) >= 11 is 0. The van der Waals surface area contributed by atoms with Crippen molar-refractivity contribution in [3.05, 3.63) is 0 Å². The quantitative estimate of drug-likeness (QED) is 0.592. The van der Waals surface area contributed by atoms with Gasteiger partial charge in [-0.25, -0.2) is 4.79 Å². The van der Waals surface area contributed by atoms with Gasteiger partial charge in [-0.1, -0.05) is 0 Å². The Morgan fingerprint density at radius 2 is 1.45 bits per heavy atom. The van der Waals surface area contributed by atoms with Crippen LogP contribution in [0, 0.1) is 29.1 Å². The predicted molar refractivity (Wildman–Crippen MR) is 74.9 cm³/mol. The highest BCUT2D eigenvalue weighted by molar-refractivity contribution is 5.87. The minimum atomic E-state index is -0.637. The first-order chi connectivity index (χ1) is 9.33. The Morgan fingerprint density at radius 3 is 1.90 bits per heavy atom. The van der Waals surface area contributed by atoms with E-state index in [0.717, 1.165) is 11.8 Å². The zero-order valence-electron chi connectivity index (χ0n) is 12.6. The van der Waals surface area contributed by atoms with E-state index in [1.165, 1.54) is 32.1 Å². The molecular formula is C16H25NO3. The maximum absolute atomic E-state index is 11.9. The average molecular weight is 279 g/mol. The van der Waals surface area contributed by atoms with Crippen molar-refractivity contribution in [2.24, 2.45) is 29.1 Å². The summed E-state index contributed by atoms with van der Waals surface area (Å²) in [5, 5.41) is 2.98. The first-order valence-corrected chi connectivity index (χ1v) is 7.85. The van der Waals surface area contributed by atoms with Crippen LogP contribution >= 0.6 is 0 Å². The number of nitrogens with one attached hydrogen (secondary N) is 1. The van der Waals surface area contributed by atoms with Gasteiger partial charge in [0.25, 0.3) is 0 Å². The van der Waals surface area contributed by atoms with Crippen molar-refractivity contribution in [3.63, 3.8) is 0 Å². The zero-order valence-corrected chi connectivity index (χ0v) is 12.6. The third-order valence-corrected chi connectivity index (χ3v) is 5.31. The molecule has 4 heteroatoms. The summed E-state index contributed by atoms with van der Waals surface area (Å²) in [5.74, 6) is 2.50. The van der Waals surface area contributed by atoms with Gasteiger partial charge in [-0.3, -0.25) is 4.79 Å². The number of ether oxygens (including phenoxy) is 1. The summed E-state index contributed by atoms with van der Waals surface area (Å²) in [6, 6.07) is 0.225. The van der Waals surface area contributed by atoms with E-state index in [1.54, 1.807) is 20.8 Å². The van der Waals surface area contributed by atoms with Crippen LogP contribution in [0.5, 0.6) is 0 Å². The van der Waals surface area contributed by atoms with E-state index in [2.05, 4.69) is 5.32 Å². The van der Waals surface area contributed by atoms with Crippen LogP contribution in [0.2, 0.25) is 0 Å². The number of hydrogen-bond donors (Lipinski definition) is 1. The highest BCUT2D eigenvalue weighted by atomic mass is 16.6. The summed E-state index contributed by atoms with van der Waals surface area (Å²) in [6.45, 7) is 5.27. The van der Waals surface area contributed by atoms with Crippen LogP contribution < -0.4 is 5.32 Å². The molecule has 4 saturated carbocycles. The van der Waals surface area contributed by atoms with Crippen LogP contribution in [-0.4, -0.2) is 18.1 Å². The van der Waals surface area contributed by atoms with Gasteiger partial charge >= 0.3 is 12.1 Å². The van der Waals surface area contributed by atoms with Gasteiger partial charge in [-0.15, -0.1) is 0 Å². The van der Waals surface area contributed by atoms with E-state index in [1.807, 2.05) is 0 Å². The fraction of sp³-hybridized carbons (Fsp3) is 0.875. The van der Waals surface area contributed by atoms with Crippen LogP contribution in [-0.2, 0) is 9.53 Å². The van der Waals surface area contributed by atoms with Crippen molar-refractivity contribution in [2.45, 2.75) is 58.9 Å². The van der Waals surface area contributed by atoms with Crippen molar-refractivity contribution >= 4 is 12.1 Å². The normalized spacial score (nSPS) is 38.6. The van der Waals surface area contributed by atoms with E-state index < -0.39 is 17.5 Å². The molecule has 0 aromatic heterocycles. The number of esters is 1. The number of hydrogen-bond acceptors (Lipinski definition) is 3. The molecule has 0 aromatic rings. The summed E-state index contributed by atoms with van der Waals surface area (Å²) in [7, 11) is 0.